The minimum absolute atomic E-state index is 0.0473. The van der Waals surface area contributed by atoms with Crippen LogP contribution in [-0.2, 0) is 28.5 Å². The van der Waals surface area contributed by atoms with Crippen LogP contribution < -0.4 is 11.2 Å². The van der Waals surface area contributed by atoms with Crippen molar-refractivity contribution < 1.29 is 28.3 Å². The SMILES string of the molecule is C[C@H]1c2c(nn(-c3ccc(F)cc3)c2-n2ccn(-c3ccc4c(cnn4C)c3F)c2=O)CCN1C(=O)c1cn2cc([C@@H]3CCOC(C)(C)C3)ccc2c1C1(C2=NC(O)ON2)CC1. The van der Waals surface area contributed by atoms with Gasteiger partial charge in [0.2, 0.25) is 0 Å². The summed E-state index contributed by atoms with van der Waals surface area (Å²) in [5, 5.41) is 19.7. The third-order valence-corrected chi connectivity index (χ3v) is 13.3. The average Bonchev–Trinajstić information content (AvgIpc) is 3.71. The lowest BCUT2D eigenvalue weighted by Crippen LogP contribution is -2.40. The second kappa shape index (κ2) is 13.8. The van der Waals surface area contributed by atoms with Gasteiger partial charge in [-0.15, -0.1) is 0 Å². The molecule has 3 atom stereocenters. The number of aryl methyl sites for hydroxylation is 1. The summed E-state index contributed by atoms with van der Waals surface area (Å²) in [5.41, 5.74) is 7.05. The van der Waals surface area contributed by atoms with Gasteiger partial charge in [0, 0.05) is 62.5 Å². The average molecular weight is 843 g/mol. The van der Waals surface area contributed by atoms with E-state index in [2.05, 4.69) is 47.7 Å². The molecule has 2 N–H and O–H groups in total. The van der Waals surface area contributed by atoms with Gasteiger partial charge in [0.05, 0.1) is 62.3 Å². The predicted molar refractivity (Wildman–Crippen MR) is 224 cm³/mol. The van der Waals surface area contributed by atoms with Crippen molar-refractivity contribution in [2.75, 3.05) is 13.2 Å². The van der Waals surface area contributed by atoms with Crippen molar-refractivity contribution in [2.24, 2.45) is 12.0 Å². The summed E-state index contributed by atoms with van der Waals surface area (Å²) >= 11 is 0. The van der Waals surface area contributed by atoms with Crippen LogP contribution in [0, 0.1) is 11.6 Å². The van der Waals surface area contributed by atoms with Crippen LogP contribution >= 0.6 is 0 Å². The van der Waals surface area contributed by atoms with Gasteiger partial charge < -0.3 is 19.1 Å². The van der Waals surface area contributed by atoms with Crippen molar-refractivity contribution in [3.63, 3.8) is 0 Å². The van der Waals surface area contributed by atoms with Gasteiger partial charge in [0.15, 0.2) is 5.82 Å². The summed E-state index contributed by atoms with van der Waals surface area (Å²) in [6, 6.07) is 12.7. The van der Waals surface area contributed by atoms with Gasteiger partial charge in [-0.25, -0.2) is 33.6 Å². The lowest BCUT2D eigenvalue weighted by Gasteiger charge is -2.35. The number of carbonyl (C=O) groups excluding carboxylic acids is 1. The molecule has 318 valence electrons. The molecule has 8 heterocycles. The largest absolute Gasteiger partial charge is 0.376 e. The van der Waals surface area contributed by atoms with Gasteiger partial charge in [-0.2, -0.15) is 10.2 Å². The molecule has 5 aromatic heterocycles. The fourth-order valence-electron chi connectivity index (χ4n) is 10.0. The summed E-state index contributed by atoms with van der Waals surface area (Å²) in [5.74, 6) is -0.153. The molecule has 1 saturated carbocycles. The number of hydrogen-bond acceptors (Lipinski definition) is 9. The molecule has 0 spiro atoms. The molecule has 15 nitrogen and oxygen atoms in total. The first kappa shape index (κ1) is 38.5. The second-order valence-electron chi connectivity index (χ2n) is 17.5. The van der Waals surface area contributed by atoms with Gasteiger partial charge in [0.1, 0.15) is 17.5 Å². The second-order valence-corrected chi connectivity index (χ2v) is 17.5. The number of benzene rings is 2. The van der Waals surface area contributed by atoms with Crippen LogP contribution in [0.5, 0.6) is 0 Å². The summed E-state index contributed by atoms with van der Waals surface area (Å²) in [7, 11) is 1.72. The van der Waals surface area contributed by atoms with Crippen LogP contribution in [0.15, 0.2) is 89.3 Å². The van der Waals surface area contributed by atoms with E-state index >= 15 is 9.18 Å². The number of hydrogen-bond donors (Lipinski definition) is 2. The Hall–Kier alpha value is -6.43. The number of aliphatic hydroxyl groups excluding tert-OH is 1. The fraction of sp³-hybridized carbons (Fsp3) is 0.356. The summed E-state index contributed by atoms with van der Waals surface area (Å²) in [6.45, 7) is 7.12. The first-order valence-electron chi connectivity index (χ1n) is 20.9. The van der Waals surface area contributed by atoms with Crippen LogP contribution in [0.25, 0.3) is 33.6 Å². The highest BCUT2D eigenvalue weighted by Crippen LogP contribution is 2.53. The number of pyridine rings is 1. The third-order valence-electron chi connectivity index (χ3n) is 13.3. The Morgan fingerprint density at radius 3 is 2.52 bits per heavy atom. The number of halogens is 2. The number of amides is 1. The van der Waals surface area contributed by atoms with E-state index in [-0.39, 0.29) is 28.5 Å². The number of nitrogens with zero attached hydrogens (tertiary/aromatic N) is 9. The summed E-state index contributed by atoms with van der Waals surface area (Å²) in [4.78, 5) is 41.3. The van der Waals surface area contributed by atoms with Gasteiger partial charge in [-0.1, -0.05) is 6.07 Å². The zero-order valence-electron chi connectivity index (χ0n) is 34.5. The quantitative estimate of drug-likeness (QED) is 0.202. The van der Waals surface area contributed by atoms with Crippen LogP contribution in [-0.4, -0.2) is 80.0 Å². The Morgan fingerprint density at radius 1 is 1.00 bits per heavy atom. The molecule has 0 radical (unpaired) electrons. The first-order valence-corrected chi connectivity index (χ1v) is 20.9. The smallest absolute Gasteiger partial charge is 0.338 e. The molecule has 7 aromatic rings. The van der Waals surface area contributed by atoms with Crippen molar-refractivity contribution in [1.29, 1.82) is 0 Å². The molecule has 3 aliphatic heterocycles. The molecule has 62 heavy (non-hydrogen) atoms. The van der Waals surface area contributed by atoms with Crippen molar-refractivity contribution in [1.82, 2.24) is 43.5 Å². The van der Waals surface area contributed by atoms with E-state index in [0.29, 0.717) is 72.1 Å². The van der Waals surface area contributed by atoms with Crippen LogP contribution in [0.3, 0.4) is 0 Å². The summed E-state index contributed by atoms with van der Waals surface area (Å²) in [6.07, 6.45) is 10.6. The number of amidine groups is 1. The zero-order valence-corrected chi connectivity index (χ0v) is 34.5. The maximum Gasteiger partial charge on any atom is 0.338 e. The number of aliphatic hydroxyl groups is 1. The third kappa shape index (κ3) is 5.89. The van der Waals surface area contributed by atoms with Gasteiger partial charge in [-0.3, -0.25) is 18.6 Å². The molecule has 1 unspecified atom stereocenters. The van der Waals surface area contributed by atoms with Crippen LogP contribution in [0.1, 0.15) is 91.2 Å². The Kier molecular flexibility index (Phi) is 8.56. The predicted octanol–water partition coefficient (Wildman–Crippen LogP) is 5.90. The van der Waals surface area contributed by atoms with Gasteiger partial charge in [0.25, 0.3) is 12.3 Å². The Morgan fingerprint density at radius 2 is 1.77 bits per heavy atom. The van der Waals surface area contributed by atoms with Gasteiger partial charge >= 0.3 is 5.69 Å². The highest BCUT2D eigenvalue weighted by atomic mass is 19.1. The van der Waals surface area contributed by atoms with E-state index in [1.54, 1.807) is 51.8 Å². The number of rotatable bonds is 7. The number of nitrogens with one attached hydrogen (secondary N) is 1. The molecule has 0 bridgehead atoms. The molecular formula is C45H44F2N10O5. The standard InChI is InChI=1S/C45H44F2N10O5/c1-25-36-32(50-57(29-8-6-28(46)7-9-29)39(36)56-19-18-55(43(56)60)35-12-11-33-30(38(35)47)22-48-52(33)4)13-17-54(25)40(58)31-24-53-23-27(26-14-20-61-44(2,3)21-26)5-10-34(53)37(31)45(15-16-45)41-49-42(59)62-51-41/h5-12,18-19,22-26,42,59H,13-17,20-21H2,1-4H3,(H,49,51)/t25-,26+,42?/m0/s1. The molecular weight excluding hydrogens is 799 g/mol. The van der Waals surface area contributed by atoms with Gasteiger partial charge in [-0.05, 0) is 100 Å². The van der Waals surface area contributed by atoms with E-state index in [0.717, 1.165) is 29.5 Å². The maximum atomic E-state index is 16.0. The number of fused-ring (bicyclic) bond motifs is 3. The summed E-state index contributed by atoms with van der Waals surface area (Å²) < 4.78 is 44.1. The van der Waals surface area contributed by atoms with Crippen molar-refractivity contribution in [3.05, 3.63) is 130 Å². The van der Waals surface area contributed by atoms with E-state index in [4.69, 9.17) is 14.7 Å². The maximum absolute atomic E-state index is 16.0. The molecule has 2 fully saturated rings. The minimum Gasteiger partial charge on any atom is -0.376 e. The Labute approximate surface area is 353 Å². The number of carbonyl (C=O) groups is 1. The normalized spacial score (nSPS) is 21.6. The molecule has 2 aromatic carbocycles. The number of hydroxylamine groups is 1. The Balaban J connectivity index is 1.03. The van der Waals surface area contributed by atoms with Crippen molar-refractivity contribution >= 4 is 28.2 Å². The molecule has 1 saturated heterocycles. The lowest BCUT2D eigenvalue weighted by atomic mass is 9.84. The van der Waals surface area contributed by atoms with E-state index in [9.17, 15) is 14.3 Å². The van der Waals surface area contributed by atoms with E-state index < -0.39 is 35.2 Å². The number of ether oxygens (including phenoxy) is 1. The van der Waals surface area contributed by atoms with Crippen molar-refractivity contribution in [3.8, 4) is 17.2 Å². The van der Waals surface area contributed by atoms with Crippen LogP contribution in [0.2, 0.25) is 0 Å². The number of imidazole rings is 1. The monoisotopic (exact) mass is 842 g/mol. The molecule has 17 heteroatoms. The van der Waals surface area contributed by atoms with Crippen LogP contribution in [0.4, 0.5) is 8.78 Å². The molecule has 11 rings (SSSR count). The lowest BCUT2D eigenvalue weighted by molar-refractivity contribution is -0.102. The molecule has 4 aliphatic rings. The zero-order chi connectivity index (χ0) is 42.8. The number of aromatic nitrogens is 7. The van der Waals surface area contributed by atoms with Crippen molar-refractivity contribution in [2.45, 2.75) is 82.3 Å². The highest BCUT2D eigenvalue weighted by Gasteiger charge is 2.55. The Bertz CT molecular complexity index is 3060. The first-order chi connectivity index (χ1) is 29.8. The fourth-order valence-corrected chi connectivity index (χ4v) is 10.0. The number of aliphatic imine (C=N–C) groups is 1. The minimum atomic E-state index is -1.36. The highest BCUT2D eigenvalue weighted by molar-refractivity contribution is 6.05. The van der Waals surface area contributed by atoms with E-state index in [1.807, 2.05) is 17.5 Å². The molecule has 1 aliphatic carbocycles. The van der Waals surface area contributed by atoms with E-state index in [1.165, 1.54) is 33.7 Å². The molecule has 1 amide bonds. The topological polar surface area (TPSA) is 150 Å².